The van der Waals surface area contributed by atoms with Crippen LogP contribution in [-0.4, -0.2) is 31.4 Å². The lowest BCUT2D eigenvalue weighted by molar-refractivity contribution is -0.123. The second-order valence-electron chi connectivity index (χ2n) is 7.06. The number of rotatable bonds is 7. The Hall–Kier alpha value is -1.84. The molecule has 0 saturated heterocycles. The summed E-state index contributed by atoms with van der Waals surface area (Å²) in [5, 5.41) is 3.98. The van der Waals surface area contributed by atoms with E-state index in [0.717, 1.165) is 24.9 Å². The molecule has 2 aromatic carbocycles. The van der Waals surface area contributed by atoms with Crippen molar-refractivity contribution in [1.29, 1.82) is 0 Å². The van der Waals surface area contributed by atoms with Crippen LogP contribution in [0.15, 0.2) is 54.6 Å². The van der Waals surface area contributed by atoms with E-state index in [1.54, 1.807) is 0 Å². The van der Waals surface area contributed by atoms with E-state index in [1.165, 1.54) is 5.56 Å². The number of hydrogen-bond acceptors (Lipinski definition) is 2. The molecule has 3 atom stereocenters. The average Bonchev–Trinajstić information content (AvgIpc) is 3.41. The average molecular weight is 357 g/mol. The van der Waals surface area contributed by atoms with Crippen molar-refractivity contribution in [3.63, 3.8) is 0 Å². The van der Waals surface area contributed by atoms with Crippen molar-refractivity contribution in [1.82, 2.24) is 10.2 Å². The van der Waals surface area contributed by atoms with Gasteiger partial charge in [0.15, 0.2) is 0 Å². The summed E-state index contributed by atoms with van der Waals surface area (Å²) in [5.74, 6) is 0.616. The summed E-state index contributed by atoms with van der Waals surface area (Å²) in [7, 11) is 4.10. The first-order valence-electron chi connectivity index (χ1n) is 8.80. The highest BCUT2D eigenvalue weighted by molar-refractivity contribution is 6.30. The maximum Gasteiger partial charge on any atom is 0.224 e. The highest BCUT2D eigenvalue weighted by atomic mass is 35.5. The van der Waals surface area contributed by atoms with Crippen LogP contribution in [0.4, 0.5) is 0 Å². The van der Waals surface area contributed by atoms with Gasteiger partial charge in [0.25, 0.3) is 0 Å². The molecule has 0 heterocycles. The Balaban J connectivity index is 1.65. The van der Waals surface area contributed by atoms with Gasteiger partial charge in [0, 0.05) is 10.9 Å². The van der Waals surface area contributed by atoms with E-state index in [9.17, 15) is 4.79 Å². The van der Waals surface area contributed by atoms with Crippen molar-refractivity contribution in [3.8, 4) is 0 Å². The molecule has 1 saturated carbocycles. The van der Waals surface area contributed by atoms with E-state index in [0.29, 0.717) is 10.9 Å². The summed E-state index contributed by atoms with van der Waals surface area (Å²) in [6.45, 7) is 0.917. The van der Waals surface area contributed by atoms with Crippen molar-refractivity contribution in [2.24, 2.45) is 5.92 Å². The van der Waals surface area contributed by atoms with Crippen LogP contribution >= 0.6 is 11.6 Å². The number of halogens is 1. The van der Waals surface area contributed by atoms with Crippen molar-refractivity contribution >= 4 is 17.5 Å². The monoisotopic (exact) mass is 356 g/mol. The lowest BCUT2D eigenvalue weighted by atomic mass is 10.0. The SMILES string of the molecule is CN(C)CCC(NC(=O)C1CC1c1ccccc1)c1ccc(Cl)cc1. The van der Waals surface area contributed by atoms with E-state index < -0.39 is 0 Å². The maximum absolute atomic E-state index is 12.7. The molecule has 3 unspecified atom stereocenters. The molecule has 3 rings (SSSR count). The van der Waals surface area contributed by atoms with Crippen LogP contribution in [0.3, 0.4) is 0 Å². The Morgan fingerprint density at radius 2 is 1.84 bits per heavy atom. The Labute approximate surface area is 155 Å². The lowest BCUT2D eigenvalue weighted by Crippen LogP contribution is -2.32. The largest absolute Gasteiger partial charge is 0.349 e. The van der Waals surface area contributed by atoms with E-state index in [2.05, 4.69) is 22.3 Å². The van der Waals surface area contributed by atoms with Gasteiger partial charge < -0.3 is 10.2 Å². The highest BCUT2D eigenvalue weighted by Crippen LogP contribution is 2.47. The van der Waals surface area contributed by atoms with Crippen molar-refractivity contribution in [2.75, 3.05) is 20.6 Å². The van der Waals surface area contributed by atoms with Crippen LogP contribution in [0.5, 0.6) is 0 Å². The Kier molecular flexibility index (Phi) is 5.77. The summed E-state index contributed by atoms with van der Waals surface area (Å²) in [6.07, 6.45) is 1.82. The number of nitrogens with zero attached hydrogens (tertiary/aromatic N) is 1. The van der Waals surface area contributed by atoms with Gasteiger partial charge in [0.05, 0.1) is 6.04 Å². The third-order valence-electron chi connectivity index (χ3n) is 4.81. The van der Waals surface area contributed by atoms with E-state index >= 15 is 0 Å². The minimum Gasteiger partial charge on any atom is -0.349 e. The quantitative estimate of drug-likeness (QED) is 0.804. The normalized spacial score (nSPS) is 20.3. The molecule has 0 radical (unpaired) electrons. The topological polar surface area (TPSA) is 32.3 Å². The van der Waals surface area contributed by atoms with E-state index in [-0.39, 0.29) is 17.9 Å². The molecule has 0 spiro atoms. The van der Waals surface area contributed by atoms with Gasteiger partial charge >= 0.3 is 0 Å². The number of hydrogen-bond donors (Lipinski definition) is 1. The maximum atomic E-state index is 12.7. The van der Waals surface area contributed by atoms with Gasteiger partial charge in [-0.15, -0.1) is 0 Å². The van der Waals surface area contributed by atoms with Crippen molar-refractivity contribution in [2.45, 2.75) is 24.8 Å². The zero-order chi connectivity index (χ0) is 17.8. The standard InChI is InChI=1S/C21H25ClN2O/c1-24(2)13-12-20(16-8-10-17(22)11-9-16)23-21(25)19-14-18(19)15-6-4-3-5-7-15/h3-11,18-20H,12-14H2,1-2H3,(H,23,25). The van der Waals surface area contributed by atoms with Crippen LogP contribution in [-0.2, 0) is 4.79 Å². The number of nitrogens with one attached hydrogen (secondary N) is 1. The van der Waals surface area contributed by atoms with Gasteiger partial charge in [-0.3, -0.25) is 4.79 Å². The van der Waals surface area contributed by atoms with Gasteiger partial charge in [-0.1, -0.05) is 54.1 Å². The van der Waals surface area contributed by atoms with Gasteiger partial charge in [0.2, 0.25) is 5.91 Å². The fraction of sp³-hybridized carbons (Fsp3) is 0.381. The molecule has 1 aliphatic carbocycles. The minimum atomic E-state index is 0.0178. The Bertz CT molecular complexity index is 700. The van der Waals surface area contributed by atoms with Crippen LogP contribution in [0, 0.1) is 5.92 Å². The molecule has 0 bridgehead atoms. The van der Waals surface area contributed by atoms with Crippen molar-refractivity contribution < 1.29 is 4.79 Å². The molecule has 1 fully saturated rings. The lowest BCUT2D eigenvalue weighted by Gasteiger charge is -2.21. The second kappa shape index (κ2) is 8.03. The predicted octanol–water partition coefficient (Wildman–Crippen LogP) is 4.25. The van der Waals surface area contributed by atoms with Crippen LogP contribution in [0.2, 0.25) is 5.02 Å². The van der Waals surface area contributed by atoms with Gasteiger partial charge in [-0.05, 0) is 62.7 Å². The third kappa shape index (κ3) is 4.83. The summed E-state index contributed by atoms with van der Waals surface area (Å²) >= 11 is 6.00. The van der Waals surface area contributed by atoms with Crippen molar-refractivity contribution in [3.05, 3.63) is 70.7 Å². The molecule has 4 heteroatoms. The number of carbonyl (C=O) groups is 1. The predicted molar refractivity (Wildman–Crippen MR) is 103 cm³/mol. The van der Waals surface area contributed by atoms with E-state index in [1.807, 2.05) is 56.6 Å². The first-order valence-corrected chi connectivity index (χ1v) is 9.18. The number of amides is 1. The first-order chi connectivity index (χ1) is 12.0. The smallest absolute Gasteiger partial charge is 0.224 e. The van der Waals surface area contributed by atoms with Gasteiger partial charge in [-0.2, -0.15) is 0 Å². The van der Waals surface area contributed by atoms with E-state index in [4.69, 9.17) is 11.6 Å². The van der Waals surface area contributed by atoms with Crippen LogP contribution < -0.4 is 5.32 Å². The van der Waals surface area contributed by atoms with Crippen LogP contribution in [0.1, 0.15) is 35.9 Å². The molecule has 1 N–H and O–H groups in total. The molecule has 1 amide bonds. The number of benzene rings is 2. The summed E-state index contributed by atoms with van der Waals surface area (Å²) < 4.78 is 0. The van der Waals surface area contributed by atoms with Crippen LogP contribution in [0.25, 0.3) is 0 Å². The second-order valence-corrected chi connectivity index (χ2v) is 7.50. The minimum absolute atomic E-state index is 0.0178. The molecule has 1 aliphatic rings. The molecule has 3 nitrogen and oxygen atoms in total. The molecule has 25 heavy (non-hydrogen) atoms. The molecule has 132 valence electrons. The molecule has 0 aliphatic heterocycles. The Morgan fingerprint density at radius 1 is 1.16 bits per heavy atom. The van der Waals surface area contributed by atoms with Gasteiger partial charge in [-0.25, -0.2) is 0 Å². The molecule has 2 aromatic rings. The Morgan fingerprint density at radius 3 is 2.48 bits per heavy atom. The first kappa shape index (κ1) is 18.0. The molecule has 0 aromatic heterocycles. The molecular formula is C21H25ClN2O. The molecular weight excluding hydrogens is 332 g/mol. The summed E-state index contributed by atoms with van der Waals surface area (Å²) in [4.78, 5) is 14.9. The highest BCUT2D eigenvalue weighted by Gasteiger charge is 2.44. The fourth-order valence-corrected chi connectivity index (χ4v) is 3.36. The third-order valence-corrected chi connectivity index (χ3v) is 5.06. The fourth-order valence-electron chi connectivity index (χ4n) is 3.24. The number of carbonyl (C=O) groups excluding carboxylic acids is 1. The summed E-state index contributed by atoms with van der Waals surface area (Å²) in [6, 6.07) is 18.1. The zero-order valence-corrected chi connectivity index (χ0v) is 15.5. The van der Waals surface area contributed by atoms with Gasteiger partial charge in [0.1, 0.15) is 0 Å². The summed E-state index contributed by atoms with van der Waals surface area (Å²) in [5.41, 5.74) is 2.37. The zero-order valence-electron chi connectivity index (χ0n) is 14.8.